The van der Waals surface area contributed by atoms with Crippen LogP contribution in [0, 0.1) is 6.92 Å². The smallest absolute Gasteiger partial charge is 0.0639 e. The van der Waals surface area contributed by atoms with Crippen molar-refractivity contribution in [3.05, 3.63) is 28.8 Å². The van der Waals surface area contributed by atoms with E-state index in [1.165, 1.54) is 24.1 Å². The second-order valence-corrected chi connectivity index (χ2v) is 5.97. The predicted molar refractivity (Wildman–Crippen MR) is 79.7 cm³/mol. The van der Waals surface area contributed by atoms with E-state index < -0.39 is 0 Å². The first-order valence-electron chi connectivity index (χ1n) is 6.83. The van der Waals surface area contributed by atoms with Gasteiger partial charge in [0.05, 0.1) is 10.7 Å². The van der Waals surface area contributed by atoms with E-state index in [0.717, 1.165) is 18.1 Å². The van der Waals surface area contributed by atoms with E-state index in [9.17, 15) is 0 Å². The topological polar surface area (TPSA) is 15.3 Å². The number of hydrogen-bond acceptors (Lipinski definition) is 2. The van der Waals surface area contributed by atoms with E-state index in [-0.39, 0.29) is 0 Å². The lowest BCUT2D eigenvalue weighted by Crippen LogP contribution is -2.48. The molecule has 0 radical (unpaired) electrons. The Balaban J connectivity index is 2.10. The van der Waals surface area contributed by atoms with Crippen molar-refractivity contribution >= 4 is 17.3 Å². The van der Waals surface area contributed by atoms with E-state index >= 15 is 0 Å². The minimum absolute atomic E-state index is 0.544. The molecule has 1 aliphatic heterocycles. The number of rotatable bonds is 3. The van der Waals surface area contributed by atoms with E-state index in [2.05, 4.69) is 43.1 Å². The third-order valence-electron chi connectivity index (χ3n) is 3.43. The molecule has 1 saturated heterocycles. The molecule has 1 unspecified atom stereocenters. The second kappa shape index (κ2) is 5.94. The Morgan fingerprint density at radius 2 is 2.17 bits per heavy atom. The summed E-state index contributed by atoms with van der Waals surface area (Å²) < 4.78 is 0. The van der Waals surface area contributed by atoms with Crippen molar-refractivity contribution < 1.29 is 0 Å². The van der Waals surface area contributed by atoms with Crippen LogP contribution in [0.3, 0.4) is 0 Å². The van der Waals surface area contributed by atoms with Crippen molar-refractivity contribution in [1.82, 2.24) is 5.32 Å². The Bertz CT molecular complexity index is 403. The first-order valence-corrected chi connectivity index (χ1v) is 7.21. The summed E-state index contributed by atoms with van der Waals surface area (Å²) in [5.41, 5.74) is 2.46. The Kier molecular flexibility index (Phi) is 4.52. The number of aryl methyl sites for hydroxylation is 1. The van der Waals surface area contributed by atoms with Crippen LogP contribution in [0.1, 0.15) is 32.3 Å². The van der Waals surface area contributed by atoms with Crippen LogP contribution in [0.2, 0.25) is 5.02 Å². The Morgan fingerprint density at radius 3 is 2.89 bits per heavy atom. The van der Waals surface area contributed by atoms with Gasteiger partial charge in [-0.25, -0.2) is 0 Å². The maximum absolute atomic E-state index is 6.32. The van der Waals surface area contributed by atoms with Crippen LogP contribution in [-0.4, -0.2) is 25.2 Å². The van der Waals surface area contributed by atoms with Gasteiger partial charge in [-0.2, -0.15) is 0 Å². The summed E-state index contributed by atoms with van der Waals surface area (Å²) in [6.07, 6.45) is 2.49. The van der Waals surface area contributed by atoms with Gasteiger partial charge in [0, 0.05) is 25.2 Å². The number of nitrogens with zero attached hydrogens (tertiary/aromatic N) is 1. The summed E-state index contributed by atoms with van der Waals surface area (Å²) in [6.45, 7) is 8.70. The Morgan fingerprint density at radius 1 is 1.39 bits per heavy atom. The Hall–Kier alpha value is -0.730. The first-order chi connectivity index (χ1) is 8.56. The van der Waals surface area contributed by atoms with Crippen LogP contribution in [0.15, 0.2) is 18.2 Å². The Labute approximate surface area is 115 Å². The van der Waals surface area contributed by atoms with Gasteiger partial charge in [-0.3, -0.25) is 0 Å². The molecule has 18 heavy (non-hydrogen) atoms. The van der Waals surface area contributed by atoms with Gasteiger partial charge in [-0.05, 0) is 37.5 Å². The molecular formula is C15H23ClN2. The molecule has 1 N–H and O–H groups in total. The van der Waals surface area contributed by atoms with Crippen LogP contribution >= 0.6 is 11.6 Å². The summed E-state index contributed by atoms with van der Waals surface area (Å²) in [5.74, 6) is 0. The zero-order valence-corrected chi connectivity index (χ0v) is 12.3. The molecule has 0 amide bonds. The van der Waals surface area contributed by atoms with Crippen LogP contribution in [0.5, 0.6) is 0 Å². The van der Waals surface area contributed by atoms with Crippen molar-refractivity contribution in [1.29, 1.82) is 0 Å². The number of nitrogens with one attached hydrogen (secondary N) is 1. The lowest BCUT2D eigenvalue weighted by Gasteiger charge is -2.36. The fourth-order valence-corrected chi connectivity index (χ4v) is 2.91. The predicted octanol–water partition coefficient (Wildman–Crippen LogP) is 3.62. The van der Waals surface area contributed by atoms with E-state index in [4.69, 9.17) is 11.6 Å². The highest BCUT2D eigenvalue weighted by atomic mass is 35.5. The highest BCUT2D eigenvalue weighted by Crippen LogP contribution is 2.29. The third kappa shape index (κ3) is 3.39. The number of halogens is 1. The zero-order chi connectivity index (χ0) is 13.1. The van der Waals surface area contributed by atoms with Gasteiger partial charge in [0.15, 0.2) is 0 Å². The van der Waals surface area contributed by atoms with Gasteiger partial charge in [-0.1, -0.05) is 31.5 Å². The molecule has 1 heterocycles. The van der Waals surface area contributed by atoms with Crippen LogP contribution < -0.4 is 10.2 Å². The quantitative estimate of drug-likeness (QED) is 0.899. The van der Waals surface area contributed by atoms with Gasteiger partial charge in [0.25, 0.3) is 0 Å². The lowest BCUT2D eigenvalue weighted by atomic mass is 10.0. The van der Waals surface area contributed by atoms with Crippen molar-refractivity contribution in [2.45, 2.75) is 45.7 Å². The molecule has 1 atom stereocenters. The molecule has 1 aromatic carbocycles. The van der Waals surface area contributed by atoms with E-state index in [1.54, 1.807) is 0 Å². The summed E-state index contributed by atoms with van der Waals surface area (Å²) >= 11 is 6.32. The minimum atomic E-state index is 0.544. The highest BCUT2D eigenvalue weighted by Gasteiger charge is 2.21. The average molecular weight is 267 g/mol. The van der Waals surface area contributed by atoms with Crippen LogP contribution in [-0.2, 0) is 0 Å². The van der Waals surface area contributed by atoms with Crippen molar-refractivity contribution in [2.75, 3.05) is 18.0 Å². The minimum Gasteiger partial charge on any atom is -0.369 e. The third-order valence-corrected chi connectivity index (χ3v) is 3.75. The summed E-state index contributed by atoms with van der Waals surface area (Å²) in [4.78, 5) is 2.42. The monoisotopic (exact) mass is 266 g/mol. The number of hydrogen-bond donors (Lipinski definition) is 1. The van der Waals surface area contributed by atoms with Crippen LogP contribution in [0.4, 0.5) is 5.69 Å². The molecule has 2 rings (SSSR count). The molecule has 100 valence electrons. The maximum Gasteiger partial charge on any atom is 0.0639 e. The molecule has 0 spiro atoms. The molecule has 1 aliphatic rings. The van der Waals surface area contributed by atoms with E-state index in [0.29, 0.717) is 12.1 Å². The highest BCUT2D eigenvalue weighted by molar-refractivity contribution is 6.33. The average Bonchev–Trinajstić information content (AvgIpc) is 2.32. The van der Waals surface area contributed by atoms with Crippen molar-refractivity contribution in [2.24, 2.45) is 0 Å². The molecule has 0 bridgehead atoms. The van der Waals surface area contributed by atoms with Crippen molar-refractivity contribution in [3.8, 4) is 0 Å². The summed E-state index contributed by atoms with van der Waals surface area (Å²) in [6, 6.07) is 7.39. The van der Waals surface area contributed by atoms with Gasteiger partial charge < -0.3 is 10.2 Å². The molecular weight excluding hydrogens is 244 g/mol. The number of anilines is 1. The van der Waals surface area contributed by atoms with Gasteiger partial charge in [0.1, 0.15) is 0 Å². The first kappa shape index (κ1) is 13.7. The largest absolute Gasteiger partial charge is 0.369 e. The lowest BCUT2D eigenvalue weighted by molar-refractivity contribution is 0.395. The SMILES string of the molecule is Cc1ccc(Cl)c(N2CCCC(NC(C)C)C2)c1. The standard InChI is InChI=1S/C15H23ClN2/c1-11(2)17-13-5-4-8-18(10-13)15-9-12(3)6-7-14(15)16/h6-7,9,11,13,17H,4-5,8,10H2,1-3H3. The maximum atomic E-state index is 6.32. The molecule has 0 aliphatic carbocycles. The van der Waals surface area contributed by atoms with Crippen LogP contribution in [0.25, 0.3) is 0 Å². The number of piperidine rings is 1. The fourth-order valence-electron chi connectivity index (χ4n) is 2.67. The molecule has 0 saturated carbocycles. The van der Waals surface area contributed by atoms with Gasteiger partial charge in [0.2, 0.25) is 0 Å². The molecule has 2 nitrogen and oxygen atoms in total. The van der Waals surface area contributed by atoms with E-state index in [1.807, 2.05) is 6.07 Å². The normalized spacial score (nSPS) is 20.5. The zero-order valence-electron chi connectivity index (χ0n) is 11.5. The second-order valence-electron chi connectivity index (χ2n) is 5.56. The molecule has 1 aromatic rings. The molecule has 0 aromatic heterocycles. The molecule has 1 fully saturated rings. The van der Waals surface area contributed by atoms with Gasteiger partial charge in [-0.15, -0.1) is 0 Å². The summed E-state index contributed by atoms with van der Waals surface area (Å²) in [7, 11) is 0. The molecule has 3 heteroatoms. The fraction of sp³-hybridized carbons (Fsp3) is 0.600. The summed E-state index contributed by atoms with van der Waals surface area (Å²) in [5, 5.41) is 4.50. The van der Waals surface area contributed by atoms with Crippen molar-refractivity contribution in [3.63, 3.8) is 0 Å². The number of benzene rings is 1. The van der Waals surface area contributed by atoms with Gasteiger partial charge >= 0.3 is 0 Å².